The van der Waals surface area contributed by atoms with Crippen molar-refractivity contribution in [1.29, 1.82) is 0 Å². The maximum atomic E-state index is 12.8. The molecule has 0 spiro atoms. The fraction of sp³-hybridized carbons (Fsp3) is 0.120. The van der Waals surface area contributed by atoms with Gasteiger partial charge in [0.2, 0.25) is 0 Å². The smallest absolute Gasteiger partial charge is 0.288 e. The molecule has 1 aliphatic rings. The Hall–Kier alpha value is -3.37. The molecule has 33 heavy (non-hydrogen) atoms. The normalized spacial score (nSPS) is 14.5. The number of phenols is 1. The van der Waals surface area contributed by atoms with Gasteiger partial charge in [0.05, 0.1) is 16.4 Å². The molecule has 4 rings (SSSR count). The van der Waals surface area contributed by atoms with Crippen LogP contribution in [0.3, 0.4) is 0 Å². The summed E-state index contributed by atoms with van der Waals surface area (Å²) in [7, 11) is 0. The summed E-state index contributed by atoms with van der Waals surface area (Å²) in [5.41, 5.74) is 11.2. The number of nitrogens with zero attached hydrogens (tertiary/aromatic N) is 1. The summed E-state index contributed by atoms with van der Waals surface area (Å²) in [6.07, 6.45) is 3.37. The van der Waals surface area contributed by atoms with Crippen LogP contribution in [0.25, 0.3) is 0 Å². The lowest BCUT2D eigenvalue weighted by atomic mass is 9.83. The predicted molar refractivity (Wildman–Crippen MR) is 136 cm³/mol. The Morgan fingerprint density at radius 3 is 2.36 bits per heavy atom. The molecule has 0 atom stereocenters. The van der Waals surface area contributed by atoms with Crippen LogP contribution < -0.4 is 21.0 Å². The van der Waals surface area contributed by atoms with Crippen LogP contribution in [0.5, 0.6) is 11.5 Å². The largest absolute Gasteiger partial charge is 0.504 e. The Morgan fingerprint density at radius 1 is 1.12 bits per heavy atom. The van der Waals surface area contributed by atoms with E-state index in [1.165, 1.54) is 6.21 Å². The zero-order valence-corrected chi connectivity index (χ0v) is 20.0. The lowest BCUT2D eigenvalue weighted by Gasteiger charge is -2.28. The summed E-state index contributed by atoms with van der Waals surface area (Å²) >= 11 is 2.02. The van der Waals surface area contributed by atoms with E-state index in [0.29, 0.717) is 27.2 Å². The van der Waals surface area contributed by atoms with E-state index >= 15 is 0 Å². The van der Waals surface area contributed by atoms with E-state index in [1.54, 1.807) is 12.1 Å². The van der Waals surface area contributed by atoms with Crippen LogP contribution in [0.2, 0.25) is 0 Å². The van der Waals surface area contributed by atoms with Gasteiger partial charge in [-0.2, -0.15) is 5.10 Å². The molecule has 7 nitrogen and oxygen atoms in total. The number of phenolic OH excluding ortho intramolecular Hbond substituents is 1. The highest BCUT2D eigenvalue weighted by Crippen LogP contribution is 2.34. The standard InChI is InChI=1S/C25H23IN4O3/c1-2-33-22-14-17(13-20(26)23(22)31)16-27-29-24(32)21-15-25(30-28-21,18-9-5-3-6-10-18)19-11-7-4-8-12-19/h3-16,28,30-31H,2H2,1H3,(H,29,32). The van der Waals surface area contributed by atoms with Crippen molar-refractivity contribution in [2.75, 3.05) is 6.61 Å². The molecule has 3 aromatic rings. The molecule has 0 unspecified atom stereocenters. The third-order valence-corrected chi connectivity index (χ3v) is 6.01. The average molecular weight is 554 g/mol. The molecule has 0 saturated carbocycles. The van der Waals surface area contributed by atoms with Gasteiger partial charge in [-0.05, 0) is 64.4 Å². The van der Waals surface area contributed by atoms with Crippen molar-refractivity contribution in [3.05, 3.63) is 105 Å². The number of hydrazone groups is 1. The number of halogens is 1. The Morgan fingerprint density at radius 2 is 1.76 bits per heavy atom. The molecule has 0 saturated heterocycles. The molecule has 3 aromatic carbocycles. The Kier molecular flexibility index (Phi) is 6.95. The highest BCUT2D eigenvalue weighted by molar-refractivity contribution is 14.1. The monoisotopic (exact) mass is 554 g/mol. The summed E-state index contributed by atoms with van der Waals surface area (Å²) in [5, 5.41) is 14.2. The van der Waals surface area contributed by atoms with Gasteiger partial charge in [-0.25, -0.2) is 10.9 Å². The number of hydrogen-bond acceptors (Lipinski definition) is 6. The molecule has 168 valence electrons. The van der Waals surface area contributed by atoms with Crippen molar-refractivity contribution >= 4 is 34.7 Å². The molecule has 1 amide bonds. The van der Waals surface area contributed by atoms with E-state index in [2.05, 4.69) is 21.4 Å². The molecular formula is C25H23IN4O3. The molecule has 0 aromatic heterocycles. The maximum Gasteiger partial charge on any atom is 0.288 e. The fourth-order valence-corrected chi connectivity index (χ4v) is 4.24. The van der Waals surface area contributed by atoms with Crippen molar-refractivity contribution in [3.8, 4) is 11.5 Å². The first-order valence-electron chi connectivity index (χ1n) is 10.4. The summed E-state index contributed by atoms with van der Waals surface area (Å²) in [4.78, 5) is 12.8. The van der Waals surface area contributed by atoms with Crippen LogP contribution in [0, 0.1) is 3.57 Å². The van der Waals surface area contributed by atoms with Gasteiger partial charge < -0.3 is 15.3 Å². The summed E-state index contributed by atoms with van der Waals surface area (Å²) in [6, 6.07) is 23.2. The van der Waals surface area contributed by atoms with Gasteiger partial charge in [0.25, 0.3) is 5.91 Å². The summed E-state index contributed by atoms with van der Waals surface area (Å²) in [6.45, 7) is 2.27. The number of benzene rings is 3. The number of aromatic hydroxyl groups is 1. The van der Waals surface area contributed by atoms with Crippen molar-refractivity contribution in [3.63, 3.8) is 0 Å². The first kappa shape index (κ1) is 22.8. The minimum atomic E-state index is -0.696. The molecule has 0 bridgehead atoms. The number of carbonyl (C=O) groups is 1. The quantitative estimate of drug-likeness (QED) is 0.203. The minimum Gasteiger partial charge on any atom is -0.504 e. The second-order valence-electron chi connectivity index (χ2n) is 7.33. The van der Waals surface area contributed by atoms with Gasteiger partial charge >= 0.3 is 0 Å². The van der Waals surface area contributed by atoms with E-state index in [1.807, 2.05) is 96.3 Å². The number of nitrogens with one attached hydrogen (secondary N) is 3. The van der Waals surface area contributed by atoms with Crippen LogP contribution >= 0.6 is 22.6 Å². The maximum absolute atomic E-state index is 12.8. The van der Waals surface area contributed by atoms with E-state index in [-0.39, 0.29) is 11.7 Å². The van der Waals surface area contributed by atoms with Gasteiger partial charge in [-0.3, -0.25) is 4.79 Å². The van der Waals surface area contributed by atoms with Crippen LogP contribution in [0.1, 0.15) is 23.6 Å². The number of rotatable bonds is 7. The molecule has 0 radical (unpaired) electrons. The molecule has 4 N–H and O–H groups in total. The van der Waals surface area contributed by atoms with Crippen LogP contribution in [0.15, 0.2) is 89.7 Å². The second-order valence-corrected chi connectivity index (χ2v) is 8.49. The Bertz CT molecular complexity index is 1160. The van der Waals surface area contributed by atoms with Crippen molar-refractivity contribution in [1.82, 2.24) is 16.3 Å². The number of amides is 1. The lowest BCUT2D eigenvalue weighted by molar-refractivity contribution is -0.117. The van der Waals surface area contributed by atoms with Gasteiger partial charge in [0, 0.05) is 0 Å². The minimum absolute atomic E-state index is 0.0863. The van der Waals surface area contributed by atoms with E-state index in [4.69, 9.17) is 4.74 Å². The zero-order valence-electron chi connectivity index (χ0n) is 17.9. The number of ether oxygens (including phenoxy) is 1. The number of hydrogen-bond donors (Lipinski definition) is 4. The molecule has 1 heterocycles. The van der Waals surface area contributed by atoms with Crippen LogP contribution in [-0.2, 0) is 10.3 Å². The summed E-state index contributed by atoms with van der Waals surface area (Å²) in [5.74, 6) is 0.0752. The number of hydrazine groups is 1. The Labute approximate surface area is 205 Å². The van der Waals surface area contributed by atoms with Gasteiger partial charge in [0.15, 0.2) is 11.5 Å². The molecule has 0 fully saturated rings. The Balaban J connectivity index is 1.56. The van der Waals surface area contributed by atoms with E-state index in [9.17, 15) is 9.90 Å². The predicted octanol–water partition coefficient (Wildman–Crippen LogP) is 3.78. The first-order valence-corrected chi connectivity index (χ1v) is 11.5. The first-order chi connectivity index (χ1) is 16.0. The van der Waals surface area contributed by atoms with Crippen molar-refractivity contribution in [2.45, 2.75) is 12.5 Å². The zero-order chi connectivity index (χ0) is 23.3. The van der Waals surface area contributed by atoms with E-state index < -0.39 is 5.54 Å². The van der Waals surface area contributed by atoms with Gasteiger partial charge in [-0.1, -0.05) is 60.7 Å². The number of carbonyl (C=O) groups excluding carboxylic acids is 1. The third kappa shape index (κ3) is 4.86. The molecular weight excluding hydrogens is 531 g/mol. The topological polar surface area (TPSA) is 95.0 Å². The third-order valence-electron chi connectivity index (χ3n) is 5.19. The molecule has 0 aliphatic carbocycles. The van der Waals surface area contributed by atoms with Crippen LogP contribution in [-0.4, -0.2) is 23.8 Å². The second kappa shape index (κ2) is 10.1. The average Bonchev–Trinajstić information content (AvgIpc) is 3.30. The summed E-state index contributed by atoms with van der Waals surface area (Å²) < 4.78 is 6.07. The van der Waals surface area contributed by atoms with Gasteiger partial charge in [0.1, 0.15) is 11.2 Å². The molecule has 8 heteroatoms. The highest BCUT2D eigenvalue weighted by atomic mass is 127. The SMILES string of the molecule is CCOc1cc(C=NNC(=O)C2=CC(c3ccccc3)(c3ccccc3)NN2)cc(I)c1O. The van der Waals surface area contributed by atoms with Crippen LogP contribution in [0.4, 0.5) is 0 Å². The van der Waals surface area contributed by atoms with Crippen molar-refractivity contribution < 1.29 is 14.6 Å². The van der Waals surface area contributed by atoms with Crippen molar-refractivity contribution in [2.24, 2.45) is 5.10 Å². The lowest BCUT2D eigenvalue weighted by Crippen LogP contribution is -2.44. The molecule has 1 aliphatic heterocycles. The van der Waals surface area contributed by atoms with Gasteiger partial charge in [-0.15, -0.1) is 0 Å². The fourth-order valence-electron chi connectivity index (χ4n) is 3.62. The van der Waals surface area contributed by atoms with E-state index in [0.717, 1.165) is 11.1 Å². The highest BCUT2D eigenvalue weighted by Gasteiger charge is 2.38.